The van der Waals surface area contributed by atoms with Crippen LogP contribution >= 0.6 is 0 Å². The van der Waals surface area contributed by atoms with Crippen molar-refractivity contribution in [3.63, 3.8) is 0 Å². The average Bonchev–Trinajstić information content (AvgIpc) is 2.49. The van der Waals surface area contributed by atoms with E-state index in [9.17, 15) is 9.59 Å². The molecule has 1 aromatic rings. The van der Waals surface area contributed by atoms with Crippen molar-refractivity contribution in [2.75, 3.05) is 13.1 Å². The molecule has 0 bridgehead atoms. The summed E-state index contributed by atoms with van der Waals surface area (Å²) in [5.74, 6) is 0.274. The van der Waals surface area contributed by atoms with Gasteiger partial charge in [0.1, 0.15) is 0 Å². The first kappa shape index (κ1) is 14.6. The summed E-state index contributed by atoms with van der Waals surface area (Å²) in [5.41, 5.74) is 1.05. The molecule has 1 aromatic carbocycles. The highest BCUT2D eigenvalue weighted by Crippen LogP contribution is 2.12. The molecule has 1 aliphatic heterocycles. The molecule has 4 nitrogen and oxygen atoms in total. The Hall–Kier alpha value is -1.84. The zero-order valence-corrected chi connectivity index (χ0v) is 12.0. The van der Waals surface area contributed by atoms with Gasteiger partial charge in [-0.2, -0.15) is 0 Å². The van der Waals surface area contributed by atoms with Crippen molar-refractivity contribution in [2.45, 2.75) is 38.6 Å². The predicted octanol–water partition coefficient (Wildman–Crippen LogP) is 1.75. The van der Waals surface area contributed by atoms with Crippen LogP contribution < -0.4 is 5.32 Å². The van der Waals surface area contributed by atoms with Crippen molar-refractivity contribution < 1.29 is 9.59 Å². The molecule has 1 N–H and O–H groups in total. The van der Waals surface area contributed by atoms with Crippen molar-refractivity contribution in [3.8, 4) is 0 Å². The molecule has 20 heavy (non-hydrogen) atoms. The Kier molecular flexibility index (Phi) is 5.16. The second-order valence-corrected chi connectivity index (χ2v) is 5.24. The summed E-state index contributed by atoms with van der Waals surface area (Å²) in [5, 5.41) is 3.00. The van der Waals surface area contributed by atoms with Crippen molar-refractivity contribution >= 4 is 11.8 Å². The lowest BCUT2D eigenvalue weighted by Crippen LogP contribution is -2.46. The third-order valence-corrected chi connectivity index (χ3v) is 3.73. The molecule has 2 rings (SSSR count). The number of likely N-dealkylation sites (tertiary alicyclic amines) is 1. The van der Waals surface area contributed by atoms with Gasteiger partial charge >= 0.3 is 0 Å². The highest BCUT2D eigenvalue weighted by molar-refractivity contribution is 5.79. The van der Waals surface area contributed by atoms with E-state index in [2.05, 4.69) is 5.32 Å². The molecule has 1 heterocycles. The fourth-order valence-electron chi connectivity index (χ4n) is 2.49. The Morgan fingerprint density at radius 2 is 1.85 bits per heavy atom. The minimum absolute atomic E-state index is 0.0964. The molecule has 1 aliphatic rings. The van der Waals surface area contributed by atoms with E-state index in [-0.39, 0.29) is 17.9 Å². The van der Waals surface area contributed by atoms with Gasteiger partial charge in [0, 0.05) is 25.6 Å². The van der Waals surface area contributed by atoms with E-state index in [1.165, 1.54) is 0 Å². The summed E-state index contributed by atoms with van der Waals surface area (Å²) < 4.78 is 0. The van der Waals surface area contributed by atoms with Gasteiger partial charge in [0.15, 0.2) is 0 Å². The van der Waals surface area contributed by atoms with Crippen molar-refractivity contribution in [1.29, 1.82) is 0 Å². The van der Waals surface area contributed by atoms with Gasteiger partial charge < -0.3 is 10.2 Å². The highest BCUT2D eigenvalue weighted by atomic mass is 16.2. The topological polar surface area (TPSA) is 49.4 Å². The molecule has 0 unspecified atom stereocenters. The maximum absolute atomic E-state index is 12.2. The Labute approximate surface area is 120 Å². The lowest BCUT2D eigenvalue weighted by atomic mass is 10.0. The summed E-state index contributed by atoms with van der Waals surface area (Å²) in [6.07, 6.45) is 2.69. The number of nitrogens with zero attached hydrogens (tertiary/aromatic N) is 1. The molecule has 1 saturated heterocycles. The van der Waals surface area contributed by atoms with Crippen LogP contribution in [0.5, 0.6) is 0 Å². The number of carbonyl (C=O) groups is 2. The zero-order chi connectivity index (χ0) is 14.4. The first-order valence-electron chi connectivity index (χ1n) is 7.30. The van der Waals surface area contributed by atoms with Crippen LogP contribution in [-0.4, -0.2) is 35.8 Å². The minimum atomic E-state index is 0.0964. The normalized spacial score (nSPS) is 15.9. The van der Waals surface area contributed by atoms with Crippen molar-refractivity contribution in [3.05, 3.63) is 35.9 Å². The number of piperidine rings is 1. The quantitative estimate of drug-likeness (QED) is 0.909. The van der Waals surface area contributed by atoms with E-state index < -0.39 is 0 Å². The van der Waals surface area contributed by atoms with Gasteiger partial charge in [0.2, 0.25) is 11.8 Å². The van der Waals surface area contributed by atoms with E-state index in [0.29, 0.717) is 12.8 Å². The van der Waals surface area contributed by atoms with Crippen LogP contribution in [-0.2, 0) is 16.0 Å². The molecule has 1 fully saturated rings. The van der Waals surface area contributed by atoms with E-state index in [1.54, 1.807) is 0 Å². The summed E-state index contributed by atoms with van der Waals surface area (Å²) in [7, 11) is 0. The third-order valence-electron chi connectivity index (χ3n) is 3.73. The molecule has 0 aliphatic carbocycles. The smallest absolute Gasteiger partial charge is 0.226 e. The Bertz CT molecular complexity index is 451. The van der Waals surface area contributed by atoms with E-state index in [1.807, 2.05) is 42.2 Å². The molecule has 2 amide bonds. The average molecular weight is 274 g/mol. The summed E-state index contributed by atoms with van der Waals surface area (Å²) >= 11 is 0. The number of hydrogen-bond donors (Lipinski definition) is 1. The molecule has 0 atom stereocenters. The summed E-state index contributed by atoms with van der Waals surface area (Å²) in [6.45, 7) is 3.33. The van der Waals surface area contributed by atoms with E-state index in [4.69, 9.17) is 0 Å². The van der Waals surface area contributed by atoms with Gasteiger partial charge in [-0.05, 0) is 18.4 Å². The van der Waals surface area contributed by atoms with E-state index in [0.717, 1.165) is 31.5 Å². The standard InChI is InChI=1S/C16H22N2O2/c1-2-15(19)17-14-8-10-18(11-9-14)16(20)12-13-6-4-3-5-7-13/h3-7,14H,2,8-12H2,1H3,(H,17,19). The van der Waals surface area contributed by atoms with Crippen LogP contribution in [0.25, 0.3) is 0 Å². The number of amides is 2. The van der Waals surface area contributed by atoms with Gasteiger partial charge in [0.25, 0.3) is 0 Å². The SMILES string of the molecule is CCC(=O)NC1CCN(C(=O)Cc2ccccc2)CC1. The van der Waals surface area contributed by atoms with Crippen LogP contribution in [0.15, 0.2) is 30.3 Å². The van der Waals surface area contributed by atoms with Crippen LogP contribution in [0, 0.1) is 0 Å². The monoisotopic (exact) mass is 274 g/mol. The minimum Gasteiger partial charge on any atom is -0.353 e. The van der Waals surface area contributed by atoms with Crippen LogP contribution in [0.1, 0.15) is 31.7 Å². The Balaban J connectivity index is 1.78. The Morgan fingerprint density at radius 3 is 2.45 bits per heavy atom. The fraction of sp³-hybridized carbons (Fsp3) is 0.500. The van der Waals surface area contributed by atoms with Crippen molar-refractivity contribution in [2.24, 2.45) is 0 Å². The lowest BCUT2D eigenvalue weighted by molar-refractivity contribution is -0.131. The lowest BCUT2D eigenvalue weighted by Gasteiger charge is -2.32. The predicted molar refractivity (Wildman–Crippen MR) is 78.2 cm³/mol. The van der Waals surface area contributed by atoms with E-state index >= 15 is 0 Å². The molecule has 4 heteroatoms. The zero-order valence-electron chi connectivity index (χ0n) is 12.0. The van der Waals surface area contributed by atoms with Crippen LogP contribution in [0.4, 0.5) is 0 Å². The first-order valence-corrected chi connectivity index (χ1v) is 7.30. The maximum Gasteiger partial charge on any atom is 0.226 e. The van der Waals surface area contributed by atoms with Crippen LogP contribution in [0.2, 0.25) is 0 Å². The summed E-state index contributed by atoms with van der Waals surface area (Å²) in [6, 6.07) is 10.0. The number of nitrogens with one attached hydrogen (secondary N) is 1. The number of hydrogen-bond acceptors (Lipinski definition) is 2. The van der Waals surface area contributed by atoms with Gasteiger partial charge in [-0.15, -0.1) is 0 Å². The summed E-state index contributed by atoms with van der Waals surface area (Å²) in [4.78, 5) is 25.4. The third kappa shape index (κ3) is 4.08. The highest BCUT2D eigenvalue weighted by Gasteiger charge is 2.23. The van der Waals surface area contributed by atoms with Crippen LogP contribution in [0.3, 0.4) is 0 Å². The maximum atomic E-state index is 12.2. The molecule has 0 radical (unpaired) electrons. The molecule has 0 aromatic heterocycles. The second-order valence-electron chi connectivity index (χ2n) is 5.24. The molecular weight excluding hydrogens is 252 g/mol. The van der Waals surface area contributed by atoms with Gasteiger partial charge in [-0.1, -0.05) is 37.3 Å². The molecule has 108 valence electrons. The second kappa shape index (κ2) is 7.08. The molecular formula is C16H22N2O2. The van der Waals surface area contributed by atoms with Gasteiger partial charge in [-0.3, -0.25) is 9.59 Å². The molecule has 0 saturated carbocycles. The molecule has 0 spiro atoms. The van der Waals surface area contributed by atoms with Gasteiger partial charge in [-0.25, -0.2) is 0 Å². The number of rotatable bonds is 4. The number of benzene rings is 1. The first-order chi connectivity index (χ1) is 9.69. The fourth-order valence-corrected chi connectivity index (χ4v) is 2.49. The van der Waals surface area contributed by atoms with Crippen molar-refractivity contribution in [1.82, 2.24) is 10.2 Å². The largest absolute Gasteiger partial charge is 0.353 e. The number of carbonyl (C=O) groups excluding carboxylic acids is 2. The van der Waals surface area contributed by atoms with Gasteiger partial charge in [0.05, 0.1) is 6.42 Å². The Morgan fingerprint density at radius 1 is 1.20 bits per heavy atom.